The molecule has 1 fully saturated rings. The van der Waals surface area contributed by atoms with Gasteiger partial charge in [0.05, 0.1) is 19.5 Å². The van der Waals surface area contributed by atoms with Crippen molar-refractivity contribution >= 4 is 50.1 Å². The Bertz CT molecular complexity index is 1120. The average molecular weight is 547 g/mol. The van der Waals surface area contributed by atoms with E-state index in [1.807, 2.05) is 0 Å². The lowest BCUT2D eigenvalue weighted by atomic mass is 10.1. The third-order valence-corrected chi connectivity index (χ3v) is 7.28. The van der Waals surface area contributed by atoms with Gasteiger partial charge in [0.2, 0.25) is 5.91 Å². The minimum atomic E-state index is -5.19. The highest BCUT2D eigenvalue weighted by molar-refractivity contribution is 7.61. The molecule has 7 N–H and O–H groups in total. The van der Waals surface area contributed by atoms with Crippen LogP contribution in [-0.4, -0.2) is 89.4 Å². The van der Waals surface area contributed by atoms with Gasteiger partial charge in [0, 0.05) is 6.54 Å². The number of nitrogens with zero attached hydrogens (tertiary/aromatic N) is 4. The van der Waals surface area contributed by atoms with Crippen LogP contribution < -0.4 is 11.1 Å². The molecule has 1 amide bonds. The standard InChI is InChI=1S/C14H21ClN6O11P2/c15-3-8(22)17-1-2-29-33(25,26)32-34(27,28)30-4-7-10(23)11(24)14(31-7)21-6-20-9-12(16)18-5-19-13(9)21/h5-7,10-11,14,23-24H,1-4H2,(H,17,22)(H,25,26)(H,27,28)(H2,16,18,19)/t7-,10-,11-,14-/m1/s1. The number of carbonyl (C=O) groups excluding carboxylic acids is 1. The van der Waals surface area contributed by atoms with Gasteiger partial charge in [-0.3, -0.25) is 18.4 Å². The number of carbonyl (C=O) groups is 1. The average Bonchev–Trinajstić information content (AvgIpc) is 3.31. The van der Waals surface area contributed by atoms with Gasteiger partial charge in [0.25, 0.3) is 0 Å². The second-order valence-corrected chi connectivity index (χ2v) is 10.1. The number of nitrogens with one attached hydrogen (secondary N) is 1. The third-order valence-electron chi connectivity index (χ3n) is 4.41. The quantitative estimate of drug-likeness (QED) is 0.108. The Hall–Kier alpha value is -1.75. The molecule has 3 heterocycles. The van der Waals surface area contributed by atoms with E-state index in [1.54, 1.807) is 0 Å². The van der Waals surface area contributed by atoms with E-state index in [0.717, 1.165) is 6.33 Å². The largest absolute Gasteiger partial charge is 0.481 e. The number of fused-ring (bicyclic) bond motifs is 1. The maximum atomic E-state index is 12.1. The number of rotatable bonds is 11. The molecule has 0 aliphatic carbocycles. The summed E-state index contributed by atoms with van der Waals surface area (Å²) in [5, 5.41) is 22.9. The number of amides is 1. The number of anilines is 1. The summed E-state index contributed by atoms with van der Waals surface area (Å²) in [6.45, 7) is -1.59. The fraction of sp³-hybridized carbons (Fsp3) is 0.571. The topological polar surface area (TPSA) is 251 Å². The van der Waals surface area contributed by atoms with Gasteiger partial charge >= 0.3 is 15.6 Å². The molecule has 0 radical (unpaired) electrons. The van der Waals surface area contributed by atoms with Crippen LogP contribution >= 0.6 is 27.2 Å². The van der Waals surface area contributed by atoms with E-state index < -0.39 is 59.3 Å². The van der Waals surface area contributed by atoms with Crippen molar-refractivity contribution in [2.24, 2.45) is 0 Å². The molecular weight excluding hydrogens is 526 g/mol. The Labute approximate surface area is 196 Å². The molecule has 2 aromatic heterocycles. The van der Waals surface area contributed by atoms with Crippen molar-refractivity contribution in [3.05, 3.63) is 12.7 Å². The van der Waals surface area contributed by atoms with Crippen molar-refractivity contribution < 1.29 is 52.0 Å². The molecule has 0 aromatic carbocycles. The van der Waals surface area contributed by atoms with E-state index in [-0.39, 0.29) is 29.4 Å². The normalized spacial score (nSPS) is 26.3. The van der Waals surface area contributed by atoms with E-state index in [0.29, 0.717) is 0 Å². The monoisotopic (exact) mass is 546 g/mol. The predicted octanol–water partition coefficient (Wildman–Crippen LogP) is -1.37. The first kappa shape index (κ1) is 26.8. The summed E-state index contributed by atoms with van der Waals surface area (Å²) < 4.78 is 43.9. The highest BCUT2D eigenvalue weighted by Crippen LogP contribution is 2.60. The van der Waals surface area contributed by atoms with Gasteiger partial charge in [-0.15, -0.1) is 11.6 Å². The van der Waals surface area contributed by atoms with Crippen molar-refractivity contribution in [1.82, 2.24) is 24.8 Å². The van der Waals surface area contributed by atoms with Crippen LogP contribution in [0.15, 0.2) is 12.7 Å². The SMILES string of the molecule is Nc1ncnc2c1ncn2[C@@H]1O[C@H](COP(=O)(O)OP(=O)(O)OCCNC(=O)CCl)[C@@H](O)[C@H]1O. The van der Waals surface area contributed by atoms with Crippen LogP contribution in [-0.2, 0) is 32.0 Å². The fourth-order valence-corrected chi connectivity index (χ4v) is 5.07. The van der Waals surface area contributed by atoms with Crippen LogP contribution in [0.4, 0.5) is 5.82 Å². The smallest absolute Gasteiger partial charge is 0.387 e. The van der Waals surface area contributed by atoms with Crippen LogP contribution in [0, 0.1) is 0 Å². The van der Waals surface area contributed by atoms with Crippen molar-refractivity contribution in [3.63, 3.8) is 0 Å². The number of ether oxygens (including phenoxy) is 1. The van der Waals surface area contributed by atoms with E-state index in [4.69, 9.17) is 22.1 Å². The molecule has 1 aliphatic heterocycles. The van der Waals surface area contributed by atoms with E-state index in [2.05, 4.69) is 33.6 Å². The maximum Gasteiger partial charge on any atom is 0.481 e. The van der Waals surface area contributed by atoms with Crippen molar-refractivity contribution in [2.75, 3.05) is 31.4 Å². The summed E-state index contributed by atoms with van der Waals surface area (Å²) in [4.78, 5) is 42.1. The first-order valence-corrected chi connectivity index (χ1v) is 12.9. The molecule has 6 atom stereocenters. The van der Waals surface area contributed by atoms with Gasteiger partial charge in [0.15, 0.2) is 17.7 Å². The second-order valence-electron chi connectivity index (χ2n) is 6.76. The Morgan fingerprint density at radius 2 is 1.91 bits per heavy atom. The summed E-state index contributed by atoms with van der Waals surface area (Å²) in [5.74, 6) is -0.825. The third kappa shape index (κ3) is 6.47. The molecule has 0 spiro atoms. The van der Waals surface area contributed by atoms with Crippen molar-refractivity contribution in [1.29, 1.82) is 0 Å². The zero-order valence-corrected chi connectivity index (χ0v) is 19.6. The highest BCUT2D eigenvalue weighted by Gasteiger charge is 2.46. The van der Waals surface area contributed by atoms with Crippen LogP contribution in [0.25, 0.3) is 11.2 Å². The molecular formula is C14H21ClN6O11P2. The number of hydrogen-bond acceptors (Lipinski definition) is 13. The van der Waals surface area contributed by atoms with Crippen LogP contribution in [0.5, 0.6) is 0 Å². The van der Waals surface area contributed by atoms with E-state index in [1.165, 1.54) is 10.9 Å². The Kier molecular flexibility index (Phi) is 8.60. The first-order valence-electron chi connectivity index (χ1n) is 9.37. The summed E-state index contributed by atoms with van der Waals surface area (Å²) in [5.41, 5.74) is 6.13. The minimum absolute atomic E-state index is 0.0760. The summed E-state index contributed by atoms with van der Waals surface area (Å²) in [6.07, 6.45) is -3.30. The highest BCUT2D eigenvalue weighted by atomic mass is 35.5. The number of imidazole rings is 1. The molecule has 2 aromatic rings. The summed E-state index contributed by atoms with van der Waals surface area (Å²) in [6, 6.07) is 0. The van der Waals surface area contributed by atoms with E-state index in [9.17, 15) is 33.9 Å². The van der Waals surface area contributed by atoms with Crippen LogP contribution in [0.3, 0.4) is 0 Å². The lowest BCUT2D eigenvalue weighted by Crippen LogP contribution is -2.33. The number of phosphoric acid groups is 2. The van der Waals surface area contributed by atoms with Gasteiger partial charge in [-0.05, 0) is 0 Å². The Morgan fingerprint density at radius 1 is 1.21 bits per heavy atom. The molecule has 34 heavy (non-hydrogen) atoms. The van der Waals surface area contributed by atoms with Crippen LogP contribution in [0.1, 0.15) is 6.23 Å². The lowest BCUT2D eigenvalue weighted by Gasteiger charge is -2.19. The number of hydrogen-bond donors (Lipinski definition) is 6. The molecule has 1 saturated heterocycles. The molecule has 190 valence electrons. The van der Waals surface area contributed by atoms with Gasteiger partial charge in [-0.25, -0.2) is 24.1 Å². The molecule has 2 unspecified atom stereocenters. The number of halogens is 1. The van der Waals surface area contributed by atoms with Crippen LogP contribution in [0.2, 0.25) is 0 Å². The van der Waals surface area contributed by atoms with Gasteiger partial charge in [-0.2, -0.15) is 4.31 Å². The molecule has 3 rings (SSSR count). The number of nitrogens with two attached hydrogens (primary N) is 1. The number of aliphatic hydroxyl groups excluding tert-OH is 2. The molecule has 0 bridgehead atoms. The zero-order chi connectivity index (χ0) is 25.1. The minimum Gasteiger partial charge on any atom is -0.387 e. The Morgan fingerprint density at radius 3 is 2.62 bits per heavy atom. The number of aromatic nitrogens is 4. The summed E-state index contributed by atoms with van der Waals surface area (Å²) >= 11 is 5.26. The summed E-state index contributed by atoms with van der Waals surface area (Å²) in [7, 11) is -10.3. The number of aliphatic hydroxyl groups is 2. The first-order chi connectivity index (χ1) is 15.9. The maximum absolute atomic E-state index is 12.1. The number of alkyl halides is 1. The molecule has 17 nitrogen and oxygen atoms in total. The van der Waals surface area contributed by atoms with Crippen molar-refractivity contribution in [3.8, 4) is 0 Å². The molecule has 1 aliphatic rings. The van der Waals surface area contributed by atoms with Gasteiger partial charge in [0.1, 0.15) is 36.0 Å². The molecule has 0 saturated carbocycles. The van der Waals surface area contributed by atoms with Gasteiger partial charge < -0.3 is 35.8 Å². The van der Waals surface area contributed by atoms with Gasteiger partial charge in [-0.1, -0.05) is 0 Å². The zero-order valence-electron chi connectivity index (χ0n) is 17.1. The number of nitrogen functional groups attached to an aromatic ring is 1. The number of phosphoric ester groups is 2. The lowest BCUT2D eigenvalue weighted by molar-refractivity contribution is -0.118. The predicted molar refractivity (Wildman–Crippen MR) is 112 cm³/mol. The second kappa shape index (κ2) is 10.9. The molecule has 20 heteroatoms. The fourth-order valence-electron chi connectivity index (χ4n) is 2.90. The Balaban J connectivity index is 1.57. The van der Waals surface area contributed by atoms with Crippen molar-refractivity contribution in [2.45, 2.75) is 24.5 Å². The van der Waals surface area contributed by atoms with E-state index >= 15 is 0 Å².